The molecular formula is C18H15BrN2O3S. The van der Waals surface area contributed by atoms with Crippen LogP contribution >= 0.6 is 27.3 Å². The van der Waals surface area contributed by atoms with Crippen LogP contribution in [0.4, 0.5) is 5.13 Å². The number of carbonyl (C=O) groups is 1. The summed E-state index contributed by atoms with van der Waals surface area (Å²) in [4.78, 5) is 16.8. The van der Waals surface area contributed by atoms with Gasteiger partial charge in [-0.15, -0.1) is 11.3 Å². The number of ether oxygens (including phenoxy) is 2. The molecule has 3 aromatic rings. The maximum Gasteiger partial charge on any atom is 0.257 e. The first-order valence-electron chi connectivity index (χ1n) is 7.35. The molecule has 0 unspecified atom stereocenters. The fourth-order valence-corrected chi connectivity index (χ4v) is 3.37. The number of nitrogens with zero attached hydrogens (tertiary/aromatic N) is 1. The van der Waals surface area contributed by atoms with Gasteiger partial charge in [0.15, 0.2) is 5.13 Å². The van der Waals surface area contributed by atoms with E-state index < -0.39 is 0 Å². The molecule has 7 heteroatoms. The lowest BCUT2D eigenvalue weighted by atomic mass is 10.1. The van der Waals surface area contributed by atoms with Crippen LogP contribution in [-0.4, -0.2) is 25.1 Å². The fraction of sp³-hybridized carbons (Fsp3) is 0.111. The molecule has 1 heterocycles. The number of hydrogen-bond donors (Lipinski definition) is 1. The van der Waals surface area contributed by atoms with E-state index in [0.29, 0.717) is 27.9 Å². The Bertz CT molecular complexity index is 911. The van der Waals surface area contributed by atoms with E-state index in [1.54, 1.807) is 26.4 Å². The van der Waals surface area contributed by atoms with E-state index >= 15 is 0 Å². The molecule has 1 amide bonds. The molecule has 0 saturated heterocycles. The predicted octanol–water partition coefficient (Wildman–Crippen LogP) is 4.84. The molecule has 5 nitrogen and oxygen atoms in total. The van der Waals surface area contributed by atoms with Crippen molar-refractivity contribution in [3.63, 3.8) is 0 Å². The van der Waals surface area contributed by atoms with Crippen molar-refractivity contribution >= 4 is 38.3 Å². The highest BCUT2D eigenvalue weighted by Gasteiger charge is 2.14. The topological polar surface area (TPSA) is 60.5 Å². The SMILES string of the molecule is COc1ccc(OC)c(-c2csc(NC(=O)c3cccc(Br)c3)n2)c1. The zero-order valence-corrected chi connectivity index (χ0v) is 16.0. The third-order valence-electron chi connectivity index (χ3n) is 3.49. The second kappa shape index (κ2) is 7.67. The molecule has 2 aromatic carbocycles. The number of carbonyl (C=O) groups excluding carboxylic acids is 1. The van der Waals surface area contributed by atoms with Gasteiger partial charge in [-0.25, -0.2) is 4.98 Å². The number of halogens is 1. The zero-order valence-electron chi connectivity index (χ0n) is 13.6. The largest absolute Gasteiger partial charge is 0.497 e. The van der Waals surface area contributed by atoms with Crippen LogP contribution in [0.2, 0.25) is 0 Å². The lowest BCUT2D eigenvalue weighted by Gasteiger charge is -2.08. The molecule has 0 atom stereocenters. The number of aromatic nitrogens is 1. The van der Waals surface area contributed by atoms with Crippen LogP contribution in [0, 0.1) is 0 Å². The van der Waals surface area contributed by atoms with Crippen molar-refractivity contribution in [1.82, 2.24) is 4.98 Å². The highest BCUT2D eigenvalue weighted by Crippen LogP contribution is 2.35. The van der Waals surface area contributed by atoms with Crippen molar-refractivity contribution in [1.29, 1.82) is 0 Å². The summed E-state index contributed by atoms with van der Waals surface area (Å²) >= 11 is 4.71. The summed E-state index contributed by atoms with van der Waals surface area (Å²) in [5.74, 6) is 1.19. The molecular weight excluding hydrogens is 404 g/mol. The molecule has 1 aromatic heterocycles. The molecule has 128 valence electrons. The second-order valence-electron chi connectivity index (χ2n) is 5.07. The molecule has 0 fully saturated rings. The molecule has 0 bridgehead atoms. The molecule has 3 rings (SSSR count). The Morgan fingerprint density at radius 1 is 1.16 bits per heavy atom. The van der Waals surface area contributed by atoms with Gasteiger partial charge in [0, 0.05) is 21.0 Å². The van der Waals surface area contributed by atoms with Gasteiger partial charge in [0.2, 0.25) is 0 Å². The first kappa shape index (κ1) is 17.4. The van der Waals surface area contributed by atoms with Crippen LogP contribution < -0.4 is 14.8 Å². The minimum Gasteiger partial charge on any atom is -0.497 e. The first-order valence-corrected chi connectivity index (χ1v) is 9.03. The van der Waals surface area contributed by atoms with Crippen molar-refractivity contribution < 1.29 is 14.3 Å². The van der Waals surface area contributed by atoms with Gasteiger partial charge in [-0.3, -0.25) is 10.1 Å². The van der Waals surface area contributed by atoms with Crippen molar-refractivity contribution in [2.24, 2.45) is 0 Å². The molecule has 0 aliphatic heterocycles. The van der Waals surface area contributed by atoms with Crippen molar-refractivity contribution in [2.45, 2.75) is 0 Å². The van der Waals surface area contributed by atoms with Crippen LogP contribution in [0.5, 0.6) is 11.5 Å². The maximum absolute atomic E-state index is 12.3. The number of rotatable bonds is 5. The smallest absolute Gasteiger partial charge is 0.257 e. The van der Waals surface area contributed by atoms with Crippen LogP contribution in [0.15, 0.2) is 52.3 Å². The summed E-state index contributed by atoms with van der Waals surface area (Å²) in [5, 5.41) is 5.20. The van der Waals surface area contributed by atoms with Gasteiger partial charge >= 0.3 is 0 Å². The van der Waals surface area contributed by atoms with Gasteiger partial charge in [-0.2, -0.15) is 0 Å². The number of amides is 1. The molecule has 0 spiro atoms. The Hall–Kier alpha value is -2.38. The second-order valence-corrected chi connectivity index (χ2v) is 6.84. The third-order valence-corrected chi connectivity index (χ3v) is 4.75. The number of benzene rings is 2. The molecule has 1 N–H and O–H groups in total. The maximum atomic E-state index is 12.3. The number of anilines is 1. The molecule has 25 heavy (non-hydrogen) atoms. The molecule has 0 radical (unpaired) electrons. The number of nitrogens with one attached hydrogen (secondary N) is 1. The Kier molecular flexibility index (Phi) is 5.35. The van der Waals surface area contributed by atoms with Crippen molar-refractivity contribution in [3.8, 4) is 22.8 Å². The Balaban J connectivity index is 1.84. The van der Waals surface area contributed by atoms with E-state index in [2.05, 4.69) is 26.2 Å². The first-order chi connectivity index (χ1) is 12.1. The van der Waals surface area contributed by atoms with Gasteiger partial charge in [-0.05, 0) is 36.4 Å². The Labute approximate surface area is 157 Å². The van der Waals surface area contributed by atoms with Crippen LogP contribution in [0.25, 0.3) is 11.3 Å². The van der Waals surface area contributed by atoms with E-state index in [1.807, 2.05) is 35.7 Å². The number of hydrogen-bond acceptors (Lipinski definition) is 5. The summed E-state index contributed by atoms with van der Waals surface area (Å²) in [5.41, 5.74) is 2.08. The highest BCUT2D eigenvalue weighted by atomic mass is 79.9. The van der Waals surface area contributed by atoms with Crippen molar-refractivity contribution in [2.75, 3.05) is 19.5 Å². The Morgan fingerprint density at radius 2 is 2.00 bits per heavy atom. The fourth-order valence-electron chi connectivity index (χ4n) is 2.27. The van der Waals surface area contributed by atoms with Gasteiger partial charge in [-0.1, -0.05) is 22.0 Å². The van der Waals surface area contributed by atoms with E-state index in [9.17, 15) is 4.79 Å². The normalized spacial score (nSPS) is 10.4. The standard InChI is InChI=1S/C18H15BrN2O3S/c1-23-13-6-7-16(24-2)14(9-13)15-10-25-18(20-15)21-17(22)11-4-3-5-12(19)8-11/h3-10H,1-2H3,(H,20,21,22). The van der Waals surface area contributed by atoms with E-state index in [1.165, 1.54) is 11.3 Å². The third kappa shape index (κ3) is 4.00. The molecule has 0 aliphatic rings. The van der Waals surface area contributed by atoms with Gasteiger partial charge < -0.3 is 9.47 Å². The molecule has 0 saturated carbocycles. The molecule has 0 aliphatic carbocycles. The number of methoxy groups -OCH3 is 2. The summed E-state index contributed by atoms with van der Waals surface area (Å²) < 4.78 is 11.5. The average molecular weight is 419 g/mol. The van der Waals surface area contributed by atoms with Crippen LogP contribution in [0.3, 0.4) is 0 Å². The zero-order chi connectivity index (χ0) is 17.8. The predicted molar refractivity (Wildman–Crippen MR) is 103 cm³/mol. The van der Waals surface area contributed by atoms with Crippen LogP contribution in [-0.2, 0) is 0 Å². The minimum atomic E-state index is -0.209. The van der Waals surface area contributed by atoms with E-state index in [-0.39, 0.29) is 5.91 Å². The summed E-state index contributed by atoms with van der Waals surface area (Å²) in [7, 11) is 3.21. The lowest BCUT2D eigenvalue weighted by Crippen LogP contribution is -2.11. The quantitative estimate of drug-likeness (QED) is 0.643. The summed E-state index contributed by atoms with van der Waals surface area (Å²) in [6.45, 7) is 0. The summed E-state index contributed by atoms with van der Waals surface area (Å²) in [6.07, 6.45) is 0. The van der Waals surface area contributed by atoms with E-state index in [4.69, 9.17) is 9.47 Å². The van der Waals surface area contributed by atoms with Crippen LogP contribution in [0.1, 0.15) is 10.4 Å². The van der Waals surface area contributed by atoms with Gasteiger partial charge in [0.1, 0.15) is 11.5 Å². The highest BCUT2D eigenvalue weighted by molar-refractivity contribution is 9.10. The average Bonchev–Trinajstić information content (AvgIpc) is 3.09. The number of thiazole rings is 1. The summed E-state index contributed by atoms with van der Waals surface area (Å²) in [6, 6.07) is 12.7. The van der Waals surface area contributed by atoms with E-state index in [0.717, 1.165) is 10.0 Å². The van der Waals surface area contributed by atoms with Crippen molar-refractivity contribution in [3.05, 3.63) is 57.9 Å². The Morgan fingerprint density at radius 3 is 2.72 bits per heavy atom. The van der Waals surface area contributed by atoms with Gasteiger partial charge in [0.05, 0.1) is 19.9 Å². The lowest BCUT2D eigenvalue weighted by molar-refractivity contribution is 0.102. The monoisotopic (exact) mass is 418 g/mol. The van der Waals surface area contributed by atoms with Gasteiger partial charge in [0.25, 0.3) is 5.91 Å². The minimum absolute atomic E-state index is 0.209.